The quantitative estimate of drug-likeness (QED) is 0.0341. The number of carbonyl (C=O) groups excluding carboxylic acids is 3. The highest BCUT2D eigenvalue weighted by Crippen LogP contribution is 2.69. The molecule has 0 aromatic carbocycles. The molecule has 4 unspecified atom stereocenters. The average molecular weight is 1080 g/mol. The van der Waals surface area contributed by atoms with Crippen molar-refractivity contribution < 1.29 is 28.6 Å². The minimum atomic E-state index is -0.0382. The van der Waals surface area contributed by atoms with Crippen molar-refractivity contribution in [3.63, 3.8) is 0 Å². The van der Waals surface area contributed by atoms with Gasteiger partial charge in [0, 0.05) is 19.3 Å². The van der Waals surface area contributed by atoms with Crippen LogP contribution in [0, 0.1) is 34.0 Å². The van der Waals surface area contributed by atoms with E-state index in [-0.39, 0.29) is 28.7 Å². The van der Waals surface area contributed by atoms with Crippen LogP contribution in [-0.2, 0) is 28.6 Å². The first kappa shape index (κ1) is 69.6. The van der Waals surface area contributed by atoms with Crippen LogP contribution in [0.25, 0.3) is 0 Å². The van der Waals surface area contributed by atoms with E-state index < -0.39 is 0 Å². The number of nitrogens with zero attached hydrogens (tertiary/aromatic N) is 1. The Hall–Kier alpha value is -1.63. The second-order valence-corrected chi connectivity index (χ2v) is 26.7. The number of ether oxygens (including phenoxy) is 3. The summed E-state index contributed by atoms with van der Waals surface area (Å²) < 4.78 is 18.3. The average Bonchev–Trinajstić information content (AvgIpc) is 3.62. The van der Waals surface area contributed by atoms with E-state index in [1.807, 2.05) is 0 Å². The van der Waals surface area contributed by atoms with Crippen LogP contribution in [0.5, 0.6) is 0 Å². The summed E-state index contributed by atoms with van der Waals surface area (Å²) in [7, 11) is 0. The lowest BCUT2D eigenvalue weighted by Crippen LogP contribution is -2.45. The van der Waals surface area contributed by atoms with E-state index in [9.17, 15) is 14.4 Å². The van der Waals surface area contributed by atoms with Crippen molar-refractivity contribution >= 4 is 17.9 Å². The van der Waals surface area contributed by atoms with Gasteiger partial charge in [-0.2, -0.15) is 0 Å². The number of rotatable bonds is 54. The van der Waals surface area contributed by atoms with E-state index in [0.717, 1.165) is 64.6 Å². The van der Waals surface area contributed by atoms with Crippen LogP contribution in [0.3, 0.4) is 0 Å². The Balaban J connectivity index is 1.61. The molecule has 0 spiro atoms. The molecule has 0 amide bonds. The van der Waals surface area contributed by atoms with Gasteiger partial charge in [-0.1, -0.05) is 221 Å². The fraction of sp³-hybridized carbons (Fsp3) is 0.957. The number of unbranched alkanes of at least 4 members (excludes halogenated alkanes) is 24. The molecule has 4 fully saturated rings. The molecule has 4 saturated carbocycles. The highest BCUT2D eigenvalue weighted by Gasteiger charge is 2.58. The van der Waals surface area contributed by atoms with E-state index in [1.54, 1.807) is 0 Å². The molecular formula is C70H131NO6. The molecule has 0 heterocycles. The topological polar surface area (TPSA) is 82.1 Å². The fourth-order valence-corrected chi connectivity index (χ4v) is 15.6. The second-order valence-electron chi connectivity index (χ2n) is 26.7. The monoisotopic (exact) mass is 1080 g/mol. The van der Waals surface area contributed by atoms with Gasteiger partial charge in [0.25, 0.3) is 0 Å². The molecule has 0 N–H and O–H groups in total. The zero-order chi connectivity index (χ0) is 55.6. The third-order valence-electron chi connectivity index (χ3n) is 19.7. The summed E-state index contributed by atoms with van der Waals surface area (Å²) in [4.78, 5) is 42.4. The van der Waals surface area contributed by atoms with Crippen LogP contribution in [0.4, 0.5) is 0 Å². The van der Waals surface area contributed by atoms with Crippen LogP contribution >= 0.6 is 0 Å². The van der Waals surface area contributed by atoms with Crippen molar-refractivity contribution in [2.75, 3.05) is 39.5 Å². The third-order valence-corrected chi connectivity index (χ3v) is 19.7. The summed E-state index contributed by atoms with van der Waals surface area (Å²) >= 11 is 0. The molecule has 4 aliphatic rings. The van der Waals surface area contributed by atoms with Gasteiger partial charge in [-0.25, -0.2) is 0 Å². The highest BCUT2D eigenvalue weighted by atomic mass is 16.5. The lowest BCUT2D eigenvalue weighted by atomic mass is 9.49. The zero-order valence-electron chi connectivity index (χ0n) is 52.5. The molecule has 4 rings (SSSR count). The molecule has 0 radical (unpaired) electrons. The molecule has 4 aliphatic carbocycles. The standard InChI is InChI=1S/C70H131NO6/c1-7-13-17-21-25-29-33-41-62(42-34-30-26-22-18-14-8-2)55-66(73)76-53-39-47-69-50-49-68(46-38-52-75-65(72)45-37-51-71(11-5)12-6)57-64(58-69)59-70(60-68,61-69)48-40-54-77-67(74)56-63(43-35-31-27-23-19-15-9-3)44-36-32-28-24-20-16-10-4/h62-64H,7-61H2,1-6H3. The highest BCUT2D eigenvalue weighted by molar-refractivity contribution is 5.70. The van der Waals surface area contributed by atoms with Crippen LogP contribution in [-0.4, -0.2) is 62.3 Å². The van der Waals surface area contributed by atoms with Gasteiger partial charge in [0.1, 0.15) is 0 Å². The first-order valence-electron chi connectivity index (χ1n) is 34.8. The Labute approximate surface area is 478 Å². The van der Waals surface area contributed by atoms with Crippen LogP contribution in [0.15, 0.2) is 0 Å². The van der Waals surface area contributed by atoms with Crippen molar-refractivity contribution in [2.45, 2.75) is 356 Å². The lowest BCUT2D eigenvalue weighted by Gasteiger charge is -2.56. The maximum Gasteiger partial charge on any atom is 0.306 e. The summed E-state index contributed by atoms with van der Waals surface area (Å²) in [6.07, 6.45) is 59.4. The molecule has 7 heteroatoms. The van der Waals surface area contributed by atoms with Gasteiger partial charge in [0.15, 0.2) is 0 Å². The molecule has 452 valence electrons. The van der Waals surface area contributed by atoms with Gasteiger partial charge in [0.05, 0.1) is 19.8 Å². The molecule has 4 atom stereocenters. The van der Waals surface area contributed by atoms with Crippen LogP contribution in [0.1, 0.15) is 356 Å². The minimum Gasteiger partial charge on any atom is -0.466 e. The van der Waals surface area contributed by atoms with Crippen molar-refractivity contribution in [3.05, 3.63) is 0 Å². The third kappa shape index (κ3) is 32.0. The summed E-state index contributed by atoms with van der Waals surface area (Å²) in [6, 6.07) is 0. The number of hydrogen-bond acceptors (Lipinski definition) is 7. The second kappa shape index (κ2) is 44.0. The normalized spacial score (nSPS) is 20.9. The van der Waals surface area contributed by atoms with Crippen LogP contribution < -0.4 is 0 Å². The molecule has 0 saturated heterocycles. The first-order chi connectivity index (χ1) is 37.6. The Kier molecular flexibility index (Phi) is 39.8. The van der Waals surface area contributed by atoms with Gasteiger partial charge in [-0.05, 0) is 169 Å². The maximum absolute atomic E-state index is 13.6. The molecule has 7 nitrogen and oxygen atoms in total. The van der Waals surface area contributed by atoms with E-state index in [0.29, 0.717) is 62.3 Å². The minimum absolute atomic E-state index is 0.0376. The molecule has 4 bridgehead atoms. The van der Waals surface area contributed by atoms with E-state index >= 15 is 0 Å². The van der Waals surface area contributed by atoms with Crippen molar-refractivity contribution in [2.24, 2.45) is 34.0 Å². The molecule has 0 aromatic rings. The predicted octanol–water partition coefficient (Wildman–Crippen LogP) is 21.0. The maximum atomic E-state index is 13.6. The number of fused-ring (bicyclic) bond motifs is 1. The Morgan fingerprint density at radius 3 is 1.05 bits per heavy atom. The zero-order valence-corrected chi connectivity index (χ0v) is 52.5. The summed E-state index contributed by atoms with van der Waals surface area (Å²) in [5.74, 6) is 1.67. The van der Waals surface area contributed by atoms with Gasteiger partial charge in [0.2, 0.25) is 0 Å². The van der Waals surface area contributed by atoms with E-state index in [2.05, 4.69) is 46.4 Å². The molecular weight excluding hydrogens is 951 g/mol. The Bertz CT molecular complexity index is 1410. The smallest absolute Gasteiger partial charge is 0.306 e. The lowest BCUT2D eigenvalue weighted by molar-refractivity contribution is -0.146. The van der Waals surface area contributed by atoms with Crippen molar-refractivity contribution in [1.29, 1.82) is 0 Å². The van der Waals surface area contributed by atoms with E-state index in [1.165, 1.54) is 250 Å². The molecule has 77 heavy (non-hydrogen) atoms. The number of hydrogen-bond donors (Lipinski definition) is 0. The summed E-state index contributed by atoms with van der Waals surface area (Å²) in [5, 5.41) is 0. The van der Waals surface area contributed by atoms with Gasteiger partial charge in [-0.15, -0.1) is 0 Å². The van der Waals surface area contributed by atoms with Gasteiger partial charge < -0.3 is 19.1 Å². The summed E-state index contributed by atoms with van der Waals surface area (Å²) in [5.41, 5.74) is 0.841. The SMILES string of the molecule is CCCCCCCCCC(CCCCCCCCC)CC(=O)OCCCC12CCC3(CCCOC(=O)CCCN(CC)CC)CC(C1)CC(CCCOC(=O)CC(CCCCCCCCC)CCCCCCCCC)(C3)C2. The molecule has 0 aromatic heterocycles. The van der Waals surface area contributed by atoms with E-state index in [4.69, 9.17) is 14.2 Å². The van der Waals surface area contributed by atoms with Gasteiger partial charge >= 0.3 is 17.9 Å². The van der Waals surface area contributed by atoms with Crippen molar-refractivity contribution in [1.82, 2.24) is 4.90 Å². The van der Waals surface area contributed by atoms with Gasteiger partial charge in [-0.3, -0.25) is 14.4 Å². The Morgan fingerprint density at radius 1 is 0.390 bits per heavy atom. The number of esters is 3. The van der Waals surface area contributed by atoms with Crippen LogP contribution in [0.2, 0.25) is 0 Å². The molecule has 0 aliphatic heterocycles. The van der Waals surface area contributed by atoms with Crippen molar-refractivity contribution in [3.8, 4) is 0 Å². The number of carbonyl (C=O) groups is 3. The fourth-order valence-electron chi connectivity index (χ4n) is 15.6. The first-order valence-corrected chi connectivity index (χ1v) is 34.8. The largest absolute Gasteiger partial charge is 0.466 e. The predicted molar refractivity (Wildman–Crippen MR) is 327 cm³/mol. The summed E-state index contributed by atoms with van der Waals surface area (Å²) in [6.45, 7) is 18.2. The Morgan fingerprint density at radius 2 is 0.701 bits per heavy atom.